The normalized spacial score (nSPS) is 11.3. The summed E-state index contributed by atoms with van der Waals surface area (Å²) in [6.45, 7) is 0.363. The van der Waals surface area contributed by atoms with Gasteiger partial charge in [0.2, 0.25) is 15.9 Å². The molecule has 2 rings (SSSR count). The molecule has 0 heterocycles. The van der Waals surface area contributed by atoms with Gasteiger partial charge in [-0.3, -0.25) is 4.79 Å². The molecular weight excluding hydrogens is 396 g/mol. The van der Waals surface area contributed by atoms with Crippen LogP contribution in [0.15, 0.2) is 53.4 Å². The van der Waals surface area contributed by atoms with Gasteiger partial charge in [-0.2, -0.15) is 4.31 Å². The molecule has 0 saturated heterocycles. The maximum absolute atomic E-state index is 13.3. The van der Waals surface area contributed by atoms with Gasteiger partial charge in [-0.05, 0) is 17.7 Å². The molecule has 0 atom stereocenters. The molecule has 0 aromatic heterocycles. The largest absolute Gasteiger partial charge is 0.493 e. The van der Waals surface area contributed by atoms with Gasteiger partial charge in [0.1, 0.15) is 0 Å². The van der Waals surface area contributed by atoms with E-state index in [-0.39, 0.29) is 23.7 Å². The van der Waals surface area contributed by atoms with E-state index >= 15 is 0 Å². The molecule has 8 nitrogen and oxygen atoms in total. The van der Waals surface area contributed by atoms with E-state index in [2.05, 4.69) is 5.32 Å². The Morgan fingerprint density at radius 1 is 1.00 bits per heavy atom. The van der Waals surface area contributed by atoms with Gasteiger partial charge in [0.05, 0.1) is 32.3 Å². The van der Waals surface area contributed by atoms with Crippen LogP contribution >= 0.6 is 0 Å². The smallest absolute Gasteiger partial charge is 0.243 e. The average molecular weight is 423 g/mol. The Bertz CT molecular complexity index is 902. The molecule has 0 aliphatic heterocycles. The van der Waals surface area contributed by atoms with Crippen molar-refractivity contribution >= 4 is 15.9 Å². The lowest BCUT2D eigenvalue weighted by atomic mass is 10.2. The van der Waals surface area contributed by atoms with Crippen molar-refractivity contribution in [2.45, 2.75) is 11.4 Å². The zero-order valence-corrected chi connectivity index (χ0v) is 17.6. The van der Waals surface area contributed by atoms with E-state index in [4.69, 9.17) is 14.2 Å². The Morgan fingerprint density at radius 3 is 2.31 bits per heavy atom. The summed E-state index contributed by atoms with van der Waals surface area (Å²) in [5.41, 5.74) is 0.765. The number of amides is 1. The van der Waals surface area contributed by atoms with Crippen LogP contribution in [-0.4, -0.2) is 59.7 Å². The zero-order valence-electron chi connectivity index (χ0n) is 16.8. The second kappa shape index (κ2) is 10.8. The van der Waals surface area contributed by atoms with Crippen LogP contribution in [0.4, 0.5) is 0 Å². The quantitative estimate of drug-likeness (QED) is 0.554. The van der Waals surface area contributed by atoms with Crippen molar-refractivity contribution in [1.82, 2.24) is 9.62 Å². The summed E-state index contributed by atoms with van der Waals surface area (Å²) in [4.78, 5) is 12.3. The highest BCUT2D eigenvalue weighted by molar-refractivity contribution is 7.89. The fourth-order valence-corrected chi connectivity index (χ4v) is 4.05. The van der Waals surface area contributed by atoms with Gasteiger partial charge in [0.25, 0.3) is 0 Å². The Morgan fingerprint density at radius 2 is 1.69 bits per heavy atom. The minimum atomic E-state index is -3.98. The molecule has 0 aliphatic rings. The number of carbonyl (C=O) groups excluding carboxylic acids is 1. The predicted octanol–water partition coefficient (Wildman–Crippen LogP) is 1.66. The van der Waals surface area contributed by atoms with Crippen LogP contribution < -0.4 is 14.8 Å². The van der Waals surface area contributed by atoms with Gasteiger partial charge in [-0.1, -0.05) is 30.3 Å². The number of methoxy groups -OCH3 is 3. The van der Waals surface area contributed by atoms with Gasteiger partial charge >= 0.3 is 0 Å². The summed E-state index contributed by atoms with van der Waals surface area (Å²) in [5, 5.41) is 2.65. The first-order valence-electron chi connectivity index (χ1n) is 8.94. The molecule has 0 fully saturated rings. The van der Waals surface area contributed by atoms with Gasteiger partial charge < -0.3 is 19.5 Å². The zero-order chi connectivity index (χ0) is 21.3. The lowest BCUT2D eigenvalue weighted by molar-refractivity contribution is -0.121. The molecule has 1 N–H and O–H groups in total. The van der Waals surface area contributed by atoms with Gasteiger partial charge in [-0.15, -0.1) is 0 Å². The number of hydrogen-bond acceptors (Lipinski definition) is 6. The molecular formula is C20H26N2O6S. The molecule has 0 spiro atoms. The first kappa shape index (κ1) is 22.7. The molecule has 1 amide bonds. The number of rotatable bonds is 11. The number of benzene rings is 2. The second-order valence-electron chi connectivity index (χ2n) is 6.12. The van der Waals surface area contributed by atoms with E-state index in [9.17, 15) is 13.2 Å². The SMILES string of the molecule is COCCNC(=O)CN(Cc1ccccc1)S(=O)(=O)c1ccc(OC)c(OC)c1. The predicted molar refractivity (Wildman–Crippen MR) is 108 cm³/mol. The number of nitrogens with zero attached hydrogens (tertiary/aromatic N) is 1. The third-order valence-electron chi connectivity index (χ3n) is 4.14. The molecule has 0 aliphatic carbocycles. The monoisotopic (exact) mass is 422 g/mol. The van der Waals surface area contributed by atoms with Crippen LogP contribution in [0.2, 0.25) is 0 Å². The van der Waals surface area contributed by atoms with Crippen molar-refractivity contribution in [3.63, 3.8) is 0 Å². The van der Waals surface area contributed by atoms with Crippen molar-refractivity contribution in [1.29, 1.82) is 0 Å². The number of hydrogen-bond donors (Lipinski definition) is 1. The third kappa shape index (κ3) is 6.18. The van der Waals surface area contributed by atoms with E-state index in [0.29, 0.717) is 18.9 Å². The average Bonchev–Trinajstić information content (AvgIpc) is 2.73. The minimum absolute atomic E-state index is 0.00997. The van der Waals surface area contributed by atoms with Crippen LogP contribution in [0.1, 0.15) is 5.56 Å². The maximum atomic E-state index is 13.3. The summed E-state index contributed by atoms with van der Waals surface area (Å²) < 4.78 is 43.0. The van der Waals surface area contributed by atoms with E-state index in [1.165, 1.54) is 39.5 Å². The maximum Gasteiger partial charge on any atom is 0.243 e. The van der Waals surface area contributed by atoms with E-state index in [0.717, 1.165) is 9.87 Å². The van der Waals surface area contributed by atoms with Crippen molar-refractivity contribution in [2.75, 3.05) is 41.0 Å². The fourth-order valence-electron chi connectivity index (χ4n) is 2.65. The second-order valence-corrected chi connectivity index (χ2v) is 8.06. The van der Waals surface area contributed by atoms with E-state index < -0.39 is 15.9 Å². The Labute approximate surface area is 171 Å². The summed E-state index contributed by atoms with van der Waals surface area (Å²) in [5.74, 6) is 0.290. The first-order chi connectivity index (χ1) is 13.9. The summed E-state index contributed by atoms with van der Waals surface area (Å²) >= 11 is 0. The summed E-state index contributed by atoms with van der Waals surface area (Å²) in [7, 11) is 0.447. The van der Waals surface area contributed by atoms with Crippen molar-refractivity contribution in [3.8, 4) is 11.5 Å². The summed E-state index contributed by atoms with van der Waals surface area (Å²) in [6, 6.07) is 13.4. The highest BCUT2D eigenvalue weighted by atomic mass is 32.2. The Balaban J connectivity index is 2.33. The van der Waals surface area contributed by atoms with Crippen LogP contribution in [0.3, 0.4) is 0 Å². The van der Waals surface area contributed by atoms with Gasteiger partial charge in [0.15, 0.2) is 11.5 Å². The van der Waals surface area contributed by atoms with Crippen molar-refractivity contribution in [2.24, 2.45) is 0 Å². The summed E-state index contributed by atoms with van der Waals surface area (Å²) in [6.07, 6.45) is 0. The van der Waals surface area contributed by atoms with Crippen LogP contribution in [0, 0.1) is 0 Å². The minimum Gasteiger partial charge on any atom is -0.493 e. The molecule has 0 bridgehead atoms. The Kier molecular flexibility index (Phi) is 8.44. The molecule has 0 unspecified atom stereocenters. The standard InChI is InChI=1S/C20H26N2O6S/c1-26-12-11-21-20(23)15-22(14-16-7-5-4-6-8-16)29(24,25)17-9-10-18(27-2)19(13-17)28-3/h4-10,13H,11-12,14-15H2,1-3H3,(H,21,23). The van der Waals surface area contributed by atoms with Crippen LogP contribution in [-0.2, 0) is 26.1 Å². The number of carbonyl (C=O) groups is 1. The molecule has 0 saturated carbocycles. The number of sulfonamides is 1. The van der Waals surface area contributed by atoms with Gasteiger partial charge in [0, 0.05) is 26.3 Å². The van der Waals surface area contributed by atoms with Crippen LogP contribution in [0.25, 0.3) is 0 Å². The highest BCUT2D eigenvalue weighted by Gasteiger charge is 2.28. The van der Waals surface area contributed by atoms with Crippen LogP contribution in [0.5, 0.6) is 11.5 Å². The molecule has 29 heavy (non-hydrogen) atoms. The lowest BCUT2D eigenvalue weighted by Crippen LogP contribution is -2.41. The van der Waals surface area contributed by atoms with E-state index in [1.807, 2.05) is 18.2 Å². The molecule has 2 aromatic carbocycles. The topological polar surface area (TPSA) is 94.2 Å². The Hall–Kier alpha value is -2.62. The molecule has 9 heteroatoms. The molecule has 0 radical (unpaired) electrons. The van der Waals surface area contributed by atoms with Crippen molar-refractivity contribution < 1.29 is 27.4 Å². The fraction of sp³-hybridized carbons (Fsp3) is 0.350. The molecule has 158 valence electrons. The highest BCUT2D eigenvalue weighted by Crippen LogP contribution is 2.31. The third-order valence-corrected chi connectivity index (χ3v) is 5.93. The van der Waals surface area contributed by atoms with Gasteiger partial charge in [-0.25, -0.2) is 8.42 Å². The lowest BCUT2D eigenvalue weighted by Gasteiger charge is -2.22. The molecule has 2 aromatic rings. The number of ether oxygens (including phenoxy) is 3. The van der Waals surface area contributed by atoms with E-state index in [1.54, 1.807) is 12.1 Å². The van der Waals surface area contributed by atoms with Crippen molar-refractivity contribution in [3.05, 3.63) is 54.1 Å². The number of nitrogens with one attached hydrogen (secondary N) is 1. The first-order valence-corrected chi connectivity index (χ1v) is 10.4.